The van der Waals surface area contributed by atoms with Gasteiger partial charge in [-0.3, -0.25) is 4.99 Å². The second-order valence-corrected chi connectivity index (χ2v) is 8.50. The summed E-state index contributed by atoms with van der Waals surface area (Å²) in [6, 6.07) is 12.0. The molecular weight excluding hydrogens is 348 g/mol. The molecule has 2 aliphatic heterocycles. The van der Waals surface area contributed by atoms with E-state index in [1.165, 1.54) is 31.5 Å². The number of guanidine groups is 1. The Morgan fingerprint density at radius 1 is 1.18 bits per heavy atom. The second kappa shape index (κ2) is 10.3. The van der Waals surface area contributed by atoms with Crippen LogP contribution in [-0.2, 0) is 10.2 Å². The smallest absolute Gasteiger partial charge is 0.191 e. The van der Waals surface area contributed by atoms with Crippen LogP contribution in [0.25, 0.3) is 0 Å². The minimum absolute atomic E-state index is 0.0862. The van der Waals surface area contributed by atoms with Crippen molar-refractivity contribution in [3.63, 3.8) is 0 Å². The third kappa shape index (κ3) is 5.48. The van der Waals surface area contributed by atoms with Crippen molar-refractivity contribution >= 4 is 5.96 Å². The number of nitrogens with one attached hydrogen (secondary N) is 2. The molecule has 0 aromatic heterocycles. The van der Waals surface area contributed by atoms with Crippen LogP contribution in [0.15, 0.2) is 35.3 Å². The highest BCUT2D eigenvalue weighted by Gasteiger charge is 2.34. The van der Waals surface area contributed by atoms with Gasteiger partial charge in [0.1, 0.15) is 0 Å². The lowest BCUT2D eigenvalue weighted by molar-refractivity contribution is 0.0531. The van der Waals surface area contributed by atoms with Crippen LogP contribution in [0, 0.1) is 0 Å². The molecule has 2 saturated heterocycles. The summed E-state index contributed by atoms with van der Waals surface area (Å²) in [5.41, 5.74) is 1.48. The summed E-state index contributed by atoms with van der Waals surface area (Å²) in [7, 11) is 0. The topological polar surface area (TPSA) is 48.9 Å². The molecule has 0 spiro atoms. The average Bonchev–Trinajstić information content (AvgIpc) is 2.74. The van der Waals surface area contributed by atoms with Gasteiger partial charge in [0.15, 0.2) is 5.96 Å². The van der Waals surface area contributed by atoms with Gasteiger partial charge in [0, 0.05) is 50.3 Å². The maximum absolute atomic E-state index is 5.67. The Bertz CT molecular complexity index is 602. The molecule has 156 valence electrons. The van der Waals surface area contributed by atoms with E-state index in [9.17, 15) is 0 Å². The highest BCUT2D eigenvalue weighted by Crippen LogP contribution is 2.35. The maximum Gasteiger partial charge on any atom is 0.191 e. The first kappa shape index (κ1) is 21.1. The number of likely N-dealkylation sites (tertiary alicyclic amines) is 1. The molecule has 2 N–H and O–H groups in total. The van der Waals surface area contributed by atoms with Crippen molar-refractivity contribution in [3.8, 4) is 0 Å². The van der Waals surface area contributed by atoms with E-state index in [1.807, 2.05) is 0 Å². The van der Waals surface area contributed by atoms with Crippen LogP contribution in [0.3, 0.4) is 0 Å². The molecule has 0 amide bonds. The lowest BCUT2D eigenvalue weighted by Crippen LogP contribution is -2.50. The van der Waals surface area contributed by atoms with E-state index in [2.05, 4.69) is 66.6 Å². The second-order valence-electron chi connectivity index (χ2n) is 8.50. The molecule has 5 heteroatoms. The Hall–Kier alpha value is -1.59. The normalized spacial score (nSPS) is 21.6. The number of nitrogens with zero attached hydrogens (tertiary/aromatic N) is 2. The van der Waals surface area contributed by atoms with Crippen LogP contribution in [0.4, 0.5) is 0 Å². The standard InChI is InChI=1S/C23H38N4O/c1-4-24-22(26-21-10-14-27(15-11-21)19(2)3)25-18-23(12-16-28-17-13-23)20-8-6-5-7-9-20/h5-9,19,21H,4,10-18H2,1-3H3,(H2,24,25,26). The van der Waals surface area contributed by atoms with Gasteiger partial charge in [0.05, 0.1) is 6.54 Å². The lowest BCUT2D eigenvalue weighted by atomic mass is 9.74. The Kier molecular flexibility index (Phi) is 7.74. The lowest BCUT2D eigenvalue weighted by Gasteiger charge is -2.37. The van der Waals surface area contributed by atoms with Gasteiger partial charge in [0.2, 0.25) is 0 Å². The van der Waals surface area contributed by atoms with Crippen molar-refractivity contribution in [1.82, 2.24) is 15.5 Å². The molecule has 0 atom stereocenters. The van der Waals surface area contributed by atoms with Crippen LogP contribution >= 0.6 is 0 Å². The van der Waals surface area contributed by atoms with E-state index >= 15 is 0 Å². The predicted octanol–water partition coefficient (Wildman–Crippen LogP) is 3.16. The molecule has 1 aromatic carbocycles. The average molecular weight is 387 g/mol. The van der Waals surface area contributed by atoms with Crippen LogP contribution < -0.4 is 10.6 Å². The summed E-state index contributed by atoms with van der Waals surface area (Å²) >= 11 is 0. The Morgan fingerprint density at radius 3 is 2.46 bits per heavy atom. The van der Waals surface area contributed by atoms with Crippen molar-refractivity contribution in [2.75, 3.05) is 39.4 Å². The predicted molar refractivity (Wildman–Crippen MR) is 117 cm³/mol. The van der Waals surface area contributed by atoms with Gasteiger partial charge in [-0.1, -0.05) is 30.3 Å². The molecule has 0 saturated carbocycles. The molecule has 0 aliphatic carbocycles. The molecule has 2 fully saturated rings. The van der Waals surface area contributed by atoms with Crippen molar-refractivity contribution in [3.05, 3.63) is 35.9 Å². The molecule has 2 heterocycles. The van der Waals surface area contributed by atoms with Crippen molar-refractivity contribution < 1.29 is 4.74 Å². The van der Waals surface area contributed by atoms with Gasteiger partial charge in [-0.2, -0.15) is 0 Å². The Balaban J connectivity index is 1.67. The number of piperidine rings is 1. The molecule has 5 nitrogen and oxygen atoms in total. The van der Waals surface area contributed by atoms with E-state index in [1.54, 1.807) is 0 Å². The summed E-state index contributed by atoms with van der Waals surface area (Å²) in [5, 5.41) is 7.17. The first-order valence-electron chi connectivity index (χ1n) is 11.0. The monoisotopic (exact) mass is 386 g/mol. The van der Waals surface area contributed by atoms with Gasteiger partial charge >= 0.3 is 0 Å². The van der Waals surface area contributed by atoms with Crippen molar-refractivity contribution in [1.29, 1.82) is 0 Å². The zero-order chi connectivity index (χ0) is 19.8. The summed E-state index contributed by atoms with van der Waals surface area (Å²) in [6.45, 7) is 12.4. The maximum atomic E-state index is 5.67. The molecule has 3 rings (SSSR count). The summed E-state index contributed by atoms with van der Waals surface area (Å²) < 4.78 is 5.67. The van der Waals surface area contributed by atoms with Crippen LogP contribution in [0.2, 0.25) is 0 Å². The summed E-state index contributed by atoms with van der Waals surface area (Å²) in [5.74, 6) is 0.965. The highest BCUT2D eigenvalue weighted by atomic mass is 16.5. The van der Waals surface area contributed by atoms with Gasteiger partial charge in [-0.25, -0.2) is 0 Å². The quantitative estimate of drug-likeness (QED) is 0.582. The highest BCUT2D eigenvalue weighted by molar-refractivity contribution is 5.80. The first-order valence-corrected chi connectivity index (χ1v) is 11.0. The van der Waals surface area contributed by atoms with E-state index < -0.39 is 0 Å². The molecule has 0 unspecified atom stereocenters. The van der Waals surface area contributed by atoms with E-state index in [4.69, 9.17) is 9.73 Å². The van der Waals surface area contributed by atoms with Crippen LogP contribution in [0.5, 0.6) is 0 Å². The molecule has 28 heavy (non-hydrogen) atoms. The summed E-state index contributed by atoms with van der Waals surface area (Å²) in [6.07, 6.45) is 4.43. The molecular formula is C23H38N4O. The number of hydrogen-bond donors (Lipinski definition) is 2. The van der Waals surface area contributed by atoms with E-state index in [0.29, 0.717) is 12.1 Å². The molecule has 1 aromatic rings. The Morgan fingerprint density at radius 2 is 1.86 bits per heavy atom. The number of rotatable bonds is 6. The zero-order valence-electron chi connectivity index (χ0n) is 17.9. The number of aliphatic imine (C=N–C) groups is 1. The zero-order valence-corrected chi connectivity index (χ0v) is 17.9. The largest absolute Gasteiger partial charge is 0.381 e. The fourth-order valence-corrected chi connectivity index (χ4v) is 4.40. The molecule has 2 aliphatic rings. The van der Waals surface area contributed by atoms with Gasteiger partial charge < -0.3 is 20.3 Å². The first-order chi connectivity index (χ1) is 13.6. The Labute approximate surface area is 170 Å². The number of benzene rings is 1. The number of hydrogen-bond acceptors (Lipinski definition) is 3. The third-order valence-corrected chi connectivity index (χ3v) is 6.32. The minimum Gasteiger partial charge on any atom is -0.381 e. The fourth-order valence-electron chi connectivity index (χ4n) is 4.40. The summed E-state index contributed by atoms with van der Waals surface area (Å²) in [4.78, 5) is 7.62. The SMILES string of the molecule is CCNC(=NCC1(c2ccccc2)CCOCC1)NC1CCN(C(C)C)CC1. The fraction of sp³-hybridized carbons (Fsp3) is 0.696. The van der Waals surface area contributed by atoms with Gasteiger partial charge in [-0.05, 0) is 52.0 Å². The third-order valence-electron chi connectivity index (χ3n) is 6.32. The van der Waals surface area contributed by atoms with E-state index in [0.717, 1.165) is 45.1 Å². The number of ether oxygens (including phenoxy) is 1. The minimum atomic E-state index is 0.0862. The van der Waals surface area contributed by atoms with Gasteiger partial charge in [-0.15, -0.1) is 0 Å². The molecule has 0 radical (unpaired) electrons. The molecule has 0 bridgehead atoms. The van der Waals surface area contributed by atoms with Crippen LogP contribution in [0.1, 0.15) is 52.0 Å². The van der Waals surface area contributed by atoms with Crippen molar-refractivity contribution in [2.24, 2.45) is 4.99 Å². The van der Waals surface area contributed by atoms with Crippen LogP contribution in [-0.4, -0.2) is 62.3 Å². The van der Waals surface area contributed by atoms with Crippen molar-refractivity contribution in [2.45, 2.75) is 64.0 Å². The van der Waals surface area contributed by atoms with E-state index in [-0.39, 0.29) is 5.41 Å². The van der Waals surface area contributed by atoms with Gasteiger partial charge in [0.25, 0.3) is 0 Å².